The van der Waals surface area contributed by atoms with Gasteiger partial charge in [0.05, 0.1) is 5.52 Å². The molecule has 2 rings (SSSR count). The third kappa shape index (κ3) is 1.55. The summed E-state index contributed by atoms with van der Waals surface area (Å²) in [5, 5.41) is 3.03. The first-order valence-electron chi connectivity index (χ1n) is 4.90. The molecule has 0 aromatic carbocycles. The lowest BCUT2D eigenvalue weighted by atomic mass is 10.4. The highest BCUT2D eigenvalue weighted by Gasteiger charge is 2.09. The van der Waals surface area contributed by atoms with Gasteiger partial charge in [-0.15, -0.1) is 0 Å². The lowest BCUT2D eigenvalue weighted by Crippen LogP contribution is -2.26. The monoisotopic (exact) mass is 206 g/mol. The largest absolute Gasteiger partial charge is 0.330 e. The van der Waals surface area contributed by atoms with E-state index in [1.807, 2.05) is 19.2 Å². The number of pyridine rings is 1. The van der Waals surface area contributed by atoms with E-state index in [-0.39, 0.29) is 5.69 Å². The maximum atomic E-state index is 11.9. The molecule has 0 radical (unpaired) electrons. The third-order valence-corrected chi connectivity index (χ3v) is 2.48. The van der Waals surface area contributed by atoms with Gasteiger partial charge in [0.25, 0.3) is 0 Å². The van der Waals surface area contributed by atoms with Gasteiger partial charge < -0.3 is 5.32 Å². The van der Waals surface area contributed by atoms with E-state index in [9.17, 15) is 4.79 Å². The molecule has 2 aromatic rings. The molecule has 0 atom stereocenters. The van der Waals surface area contributed by atoms with Gasteiger partial charge in [-0.1, -0.05) is 0 Å². The number of fused-ring (bicyclic) bond motifs is 1. The van der Waals surface area contributed by atoms with Gasteiger partial charge in [-0.3, -0.25) is 9.13 Å². The summed E-state index contributed by atoms with van der Waals surface area (Å²) in [6.45, 7) is 1.44. The first-order chi connectivity index (χ1) is 7.25. The molecule has 1 N–H and O–H groups in total. The Labute approximate surface area is 87.4 Å². The van der Waals surface area contributed by atoms with E-state index < -0.39 is 0 Å². The highest BCUT2D eigenvalue weighted by molar-refractivity contribution is 5.71. The fraction of sp³-hybridized carbons (Fsp3) is 0.400. The van der Waals surface area contributed by atoms with Crippen molar-refractivity contribution in [2.45, 2.75) is 6.54 Å². The number of likely N-dealkylation sites (N-methyl/N-ethyl adjacent to an activating group) is 1. The number of hydrogen-bond donors (Lipinski definition) is 1. The van der Waals surface area contributed by atoms with E-state index in [1.54, 1.807) is 22.4 Å². The Morgan fingerprint density at radius 3 is 3.07 bits per heavy atom. The minimum absolute atomic E-state index is 0.0149. The van der Waals surface area contributed by atoms with Crippen LogP contribution >= 0.6 is 0 Å². The van der Waals surface area contributed by atoms with E-state index in [4.69, 9.17) is 0 Å². The highest BCUT2D eigenvalue weighted by atomic mass is 16.1. The summed E-state index contributed by atoms with van der Waals surface area (Å²) in [6.07, 6.45) is 1.70. The molecule has 0 bridgehead atoms. The standard InChI is InChI=1S/C10H14N4O/c1-11-6-7-14-8-4-3-5-12-9(8)13(2)10(14)15/h3-5,11H,6-7H2,1-2H3. The Hall–Kier alpha value is -1.62. The summed E-state index contributed by atoms with van der Waals surface area (Å²) in [4.78, 5) is 16.0. The lowest BCUT2D eigenvalue weighted by molar-refractivity contribution is 0.627. The zero-order chi connectivity index (χ0) is 10.8. The van der Waals surface area contributed by atoms with Crippen LogP contribution in [0.25, 0.3) is 11.2 Å². The smallest absolute Gasteiger partial charge is 0.318 e. The number of imidazole rings is 1. The summed E-state index contributed by atoms with van der Waals surface area (Å²) in [5.74, 6) is 0. The number of rotatable bonds is 3. The van der Waals surface area contributed by atoms with Gasteiger partial charge in [0.2, 0.25) is 0 Å². The summed E-state index contributed by atoms with van der Waals surface area (Å²) < 4.78 is 3.31. The SMILES string of the molecule is CNCCn1c(=O)n(C)c2ncccc21. The zero-order valence-electron chi connectivity index (χ0n) is 8.90. The first-order valence-corrected chi connectivity index (χ1v) is 4.90. The average molecular weight is 206 g/mol. The number of hydrogen-bond acceptors (Lipinski definition) is 3. The van der Waals surface area contributed by atoms with Crippen LogP contribution in [0.3, 0.4) is 0 Å². The van der Waals surface area contributed by atoms with E-state index in [1.165, 1.54) is 0 Å². The van der Waals surface area contributed by atoms with Gasteiger partial charge in [-0.25, -0.2) is 9.78 Å². The molecule has 80 valence electrons. The molecule has 0 aliphatic carbocycles. The normalized spacial score (nSPS) is 11.1. The number of aryl methyl sites for hydroxylation is 1. The molecule has 0 fully saturated rings. The summed E-state index contributed by atoms with van der Waals surface area (Å²) >= 11 is 0. The molecular formula is C10H14N4O. The van der Waals surface area contributed by atoms with Gasteiger partial charge >= 0.3 is 5.69 Å². The van der Waals surface area contributed by atoms with Gasteiger partial charge in [0.15, 0.2) is 5.65 Å². The van der Waals surface area contributed by atoms with Gasteiger partial charge in [-0.05, 0) is 19.2 Å². The maximum Gasteiger partial charge on any atom is 0.330 e. The Balaban J connectivity index is 2.62. The van der Waals surface area contributed by atoms with Crippen LogP contribution in [0.5, 0.6) is 0 Å². The van der Waals surface area contributed by atoms with Crippen molar-refractivity contribution in [1.29, 1.82) is 0 Å². The highest BCUT2D eigenvalue weighted by Crippen LogP contribution is 2.07. The zero-order valence-corrected chi connectivity index (χ0v) is 8.90. The predicted molar refractivity (Wildman–Crippen MR) is 58.9 cm³/mol. The fourth-order valence-electron chi connectivity index (χ4n) is 1.67. The van der Waals surface area contributed by atoms with Gasteiger partial charge in [-0.2, -0.15) is 0 Å². The van der Waals surface area contributed by atoms with Crippen LogP contribution < -0.4 is 11.0 Å². The van der Waals surface area contributed by atoms with Crippen molar-refractivity contribution in [2.75, 3.05) is 13.6 Å². The molecule has 0 spiro atoms. The van der Waals surface area contributed by atoms with Crippen LogP contribution in [0.4, 0.5) is 0 Å². The molecule has 0 saturated heterocycles. The van der Waals surface area contributed by atoms with Crippen LogP contribution in [0.1, 0.15) is 0 Å². The maximum absolute atomic E-state index is 11.9. The third-order valence-electron chi connectivity index (χ3n) is 2.48. The van der Waals surface area contributed by atoms with Crippen molar-refractivity contribution < 1.29 is 0 Å². The molecule has 5 nitrogen and oxygen atoms in total. The van der Waals surface area contributed by atoms with E-state index in [2.05, 4.69) is 10.3 Å². The van der Waals surface area contributed by atoms with Crippen LogP contribution in [0, 0.1) is 0 Å². The Kier molecular flexibility index (Phi) is 2.55. The quantitative estimate of drug-likeness (QED) is 0.766. The van der Waals surface area contributed by atoms with E-state index >= 15 is 0 Å². The number of nitrogens with zero attached hydrogens (tertiary/aromatic N) is 3. The minimum Gasteiger partial charge on any atom is -0.318 e. The minimum atomic E-state index is -0.0149. The molecule has 2 aromatic heterocycles. The molecule has 0 amide bonds. The van der Waals surface area contributed by atoms with Crippen molar-refractivity contribution in [1.82, 2.24) is 19.4 Å². The van der Waals surface area contributed by atoms with Crippen LogP contribution in [0.2, 0.25) is 0 Å². The van der Waals surface area contributed by atoms with Gasteiger partial charge in [0.1, 0.15) is 0 Å². The molecule has 0 aliphatic rings. The summed E-state index contributed by atoms with van der Waals surface area (Å²) in [5.41, 5.74) is 1.61. The Bertz CT molecular complexity index is 526. The van der Waals surface area contributed by atoms with Crippen molar-refractivity contribution in [3.8, 4) is 0 Å². The van der Waals surface area contributed by atoms with Crippen LogP contribution in [0.15, 0.2) is 23.1 Å². The van der Waals surface area contributed by atoms with Crippen molar-refractivity contribution >= 4 is 11.2 Å². The van der Waals surface area contributed by atoms with E-state index in [0.717, 1.165) is 17.7 Å². The van der Waals surface area contributed by atoms with Crippen molar-refractivity contribution in [3.63, 3.8) is 0 Å². The van der Waals surface area contributed by atoms with Crippen LogP contribution in [-0.2, 0) is 13.6 Å². The second kappa shape index (κ2) is 3.86. The summed E-state index contributed by atoms with van der Waals surface area (Å²) in [7, 11) is 3.61. The molecule has 0 unspecified atom stereocenters. The fourth-order valence-corrected chi connectivity index (χ4v) is 1.67. The van der Waals surface area contributed by atoms with Crippen molar-refractivity contribution in [3.05, 3.63) is 28.8 Å². The van der Waals surface area contributed by atoms with Gasteiger partial charge in [0, 0.05) is 26.3 Å². The summed E-state index contributed by atoms with van der Waals surface area (Å²) in [6, 6.07) is 3.76. The van der Waals surface area contributed by atoms with Crippen molar-refractivity contribution in [2.24, 2.45) is 7.05 Å². The van der Waals surface area contributed by atoms with E-state index in [0.29, 0.717) is 6.54 Å². The topological polar surface area (TPSA) is 51.9 Å². The Morgan fingerprint density at radius 1 is 1.53 bits per heavy atom. The number of nitrogens with one attached hydrogen (secondary N) is 1. The second-order valence-electron chi connectivity index (χ2n) is 3.44. The number of aromatic nitrogens is 3. The first kappa shape index (κ1) is 9.92. The molecule has 0 aliphatic heterocycles. The average Bonchev–Trinajstić information content (AvgIpc) is 2.51. The lowest BCUT2D eigenvalue weighted by Gasteiger charge is -2.00. The van der Waals surface area contributed by atoms with Crippen LogP contribution in [-0.4, -0.2) is 27.7 Å². The molecule has 0 saturated carbocycles. The molecule has 15 heavy (non-hydrogen) atoms. The predicted octanol–water partition coefficient (Wildman–Crippen LogP) is -0.0456. The molecule has 5 heteroatoms. The second-order valence-corrected chi connectivity index (χ2v) is 3.44. The molecule has 2 heterocycles. The Morgan fingerprint density at radius 2 is 2.33 bits per heavy atom. The molecular weight excluding hydrogens is 192 g/mol.